The van der Waals surface area contributed by atoms with E-state index in [1.54, 1.807) is 0 Å². The Balaban J connectivity index is 1.90. The second-order valence-corrected chi connectivity index (χ2v) is 6.78. The molecule has 0 aliphatic heterocycles. The van der Waals surface area contributed by atoms with Gasteiger partial charge in [-0.1, -0.05) is 72.4 Å². The molecule has 0 unspecified atom stereocenters. The minimum Gasteiger partial charge on any atom is -0.341 e. The van der Waals surface area contributed by atoms with Gasteiger partial charge >= 0.3 is 6.03 Å². The fourth-order valence-electron chi connectivity index (χ4n) is 2.50. The highest BCUT2D eigenvalue weighted by atomic mass is 32.2. The zero-order chi connectivity index (χ0) is 19.2. The third-order valence-corrected chi connectivity index (χ3v) is 5.18. The number of hydrogen-bond acceptors (Lipinski definition) is 5. The molecule has 2 N–H and O–H groups in total. The number of rotatable bonds is 5. The standard InChI is InChI=1S/C19H19N5O2S/c1-20-18(26)21-17(25)15(13-9-5-3-6-10-13)27-19-23-22-16(24(19)2)14-11-7-4-8-12-14/h3-12,15H,1-2H3,(H2,20,21,25,26)/t15-/m0/s1. The Morgan fingerprint density at radius 2 is 1.63 bits per heavy atom. The van der Waals surface area contributed by atoms with Crippen molar-refractivity contribution >= 4 is 23.7 Å². The van der Waals surface area contributed by atoms with Crippen LogP contribution in [0.25, 0.3) is 11.4 Å². The van der Waals surface area contributed by atoms with Gasteiger partial charge in [-0.3, -0.25) is 10.1 Å². The van der Waals surface area contributed by atoms with Gasteiger partial charge in [0.25, 0.3) is 0 Å². The van der Waals surface area contributed by atoms with E-state index in [1.165, 1.54) is 18.8 Å². The molecule has 7 nitrogen and oxygen atoms in total. The molecule has 27 heavy (non-hydrogen) atoms. The summed E-state index contributed by atoms with van der Waals surface area (Å²) in [5.41, 5.74) is 1.71. The number of urea groups is 1. The van der Waals surface area contributed by atoms with Crippen molar-refractivity contribution in [1.29, 1.82) is 0 Å². The Bertz CT molecular complexity index is 928. The van der Waals surface area contributed by atoms with Gasteiger partial charge in [0.1, 0.15) is 5.25 Å². The van der Waals surface area contributed by atoms with Crippen LogP contribution < -0.4 is 10.6 Å². The molecule has 3 rings (SSSR count). The quantitative estimate of drug-likeness (QED) is 0.664. The van der Waals surface area contributed by atoms with E-state index >= 15 is 0 Å². The predicted molar refractivity (Wildman–Crippen MR) is 104 cm³/mol. The van der Waals surface area contributed by atoms with Crippen LogP contribution in [0.4, 0.5) is 4.79 Å². The van der Waals surface area contributed by atoms with Gasteiger partial charge in [-0.15, -0.1) is 10.2 Å². The number of carbonyl (C=O) groups excluding carboxylic acids is 2. The van der Waals surface area contributed by atoms with Crippen LogP contribution in [-0.2, 0) is 11.8 Å². The molecule has 0 spiro atoms. The molecule has 1 atom stereocenters. The molecule has 0 fully saturated rings. The van der Waals surface area contributed by atoms with Gasteiger partial charge in [0, 0.05) is 19.7 Å². The molecule has 3 aromatic rings. The molecule has 0 bridgehead atoms. The predicted octanol–water partition coefficient (Wildman–Crippen LogP) is 2.77. The monoisotopic (exact) mass is 381 g/mol. The lowest BCUT2D eigenvalue weighted by Crippen LogP contribution is -2.39. The van der Waals surface area contributed by atoms with E-state index in [9.17, 15) is 9.59 Å². The lowest BCUT2D eigenvalue weighted by Gasteiger charge is -2.15. The SMILES string of the molecule is CNC(=O)NC(=O)[C@@H](Sc1nnc(-c2ccccc2)n1C)c1ccccc1. The lowest BCUT2D eigenvalue weighted by atomic mass is 10.1. The summed E-state index contributed by atoms with van der Waals surface area (Å²) in [4.78, 5) is 24.2. The molecular formula is C19H19N5O2S. The van der Waals surface area contributed by atoms with Crippen molar-refractivity contribution in [1.82, 2.24) is 25.4 Å². The van der Waals surface area contributed by atoms with Gasteiger partial charge in [-0.2, -0.15) is 0 Å². The number of hydrogen-bond donors (Lipinski definition) is 2. The number of nitrogens with one attached hydrogen (secondary N) is 2. The Morgan fingerprint density at radius 1 is 1.00 bits per heavy atom. The summed E-state index contributed by atoms with van der Waals surface area (Å²) in [6.45, 7) is 0. The molecule has 1 heterocycles. The first-order valence-corrected chi connectivity index (χ1v) is 9.17. The smallest absolute Gasteiger partial charge is 0.321 e. The third kappa shape index (κ3) is 4.35. The van der Waals surface area contributed by atoms with Crippen molar-refractivity contribution in [3.05, 3.63) is 66.2 Å². The van der Waals surface area contributed by atoms with E-state index < -0.39 is 17.2 Å². The maximum Gasteiger partial charge on any atom is 0.321 e. The molecule has 138 valence electrons. The molecule has 1 aromatic heterocycles. The number of imide groups is 1. The van der Waals surface area contributed by atoms with Crippen LogP contribution in [0.2, 0.25) is 0 Å². The van der Waals surface area contributed by atoms with Gasteiger partial charge in [0.05, 0.1) is 0 Å². The van der Waals surface area contributed by atoms with Crippen molar-refractivity contribution in [2.45, 2.75) is 10.4 Å². The fraction of sp³-hybridized carbons (Fsp3) is 0.158. The first kappa shape index (κ1) is 18.7. The summed E-state index contributed by atoms with van der Waals surface area (Å²) in [7, 11) is 3.31. The van der Waals surface area contributed by atoms with Gasteiger partial charge in [-0.25, -0.2) is 4.79 Å². The molecule has 0 saturated heterocycles. The van der Waals surface area contributed by atoms with Gasteiger partial charge in [-0.05, 0) is 5.56 Å². The summed E-state index contributed by atoms with van der Waals surface area (Å²) < 4.78 is 1.84. The molecule has 0 aliphatic carbocycles. The second-order valence-electron chi connectivity index (χ2n) is 5.71. The number of amides is 3. The van der Waals surface area contributed by atoms with E-state index in [4.69, 9.17) is 0 Å². The van der Waals surface area contributed by atoms with Crippen LogP contribution in [-0.4, -0.2) is 33.8 Å². The molecular weight excluding hydrogens is 362 g/mol. The Morgan fingerprint density at radius 3 is 2.26 bits per heavy atom. The highest BCUT2D eigenvalue weighted by molar-refractivity contribution is 8.00. The number of benzene rings is 2. The van der Waals surface area contributed by atoms with Crippen molar-refractivity contribution in [3.63, 3.8) is 0 Å². The minimum absolute atomic E-state index is 0.421. The minimum atomic E-state index is -0.643. The summed E-state index contributed by atoms with van der Waals surface area (Å²) in [5.74, 6) is 0.284. The van der Waals surface area contributed by atoms with Crippen LogP contribution in [0, 0.1) is 0 Å². The Hall–Kier alpha value is -3.13. The average molecular weight is 381 g/mol. The fourth-order valence-corrected chi connectivity index (χ4v) is 3.50. The third-order valence-electron chi connectivity index (χ3n) is 3.89. The van der Waals surface area contributed by atoms with Crippen molar-refractivity contribution < 1.29 is 9.59 Å². The topological polar surface area (TPSA) is 88.9 Å². The molecule has 2 aromatic carbocycles. The molecule has 3 amide bonds. The van der Waals surface area contributed by atoms with Crippen LogP contribution in [0.3, 0.4) is 0 Å². The highest BCUT2D eigenvalue weighted by Crippen LogP contribution is 2.35. The first-order chi connectivity index (χ1) is 13.1. The molecule has 0 radical (unpaired) electrons. The van der Waals surface area contributed by atoms with Crippen LogP contribution in [0.5, 0.6) is 0 Å². The van der Waals surface area contributed by atoms with Crippen molar-refractivity contribution in [2.24, 2.45) is 7.05 Å². The second kappa shape index (κ2) is 8.50. The van der Waals surface area contributed by atoms with E-state index in [-0.39, 0.29) is 0 Å². The van der Waals surface area contributed by atoms with Crippen molar-refractivity contribution in [3.8, 4) is 11.4 Å². The van der Waals surface area contributed by atoms with Gasteiger partial charge in [0.2, 0.25) is 5.91 Å². The largest absolute Gasteiger partial charge is 0.341 e. The zero-order valence-electron chi connectivity index (χ0n) is 14.9. The van der Waals surface area contributed by atoms with Crippen LogP contribution in [0.1, 0.15) is 10.8 Å². The van der Waals surface area contributed by atoms with Gasteiger partial charge < -0.3 is 9.88 Å². The number of nitrogens with zero attached hydrogens (tertiary/aromatic N) is 3. The van der Waals surface area contributed by atoms with E-state index in [0.717, 1.165) is 11.1 Å². The summed E-state index contributed by atoms with van der Waals surface area (Å²) in [6.07, 6.45) is 0. The molecule has 0 saturated carbocycles. The Kier molecular flexibility index (Phi) is 5.87. The van der Waals surface area contributed by atoms with E-state index in [0.29, 0.717) is 11.0 Å². The average Bonchev–Trinajstić information content (AvgIpc) is 3.07. The van der Waals surface area contributed by atoms with E-state index in [1.807, 2.05) is 72.3 Å². The highest BCUT2D eigenvalue weighted by Gasteiger charge is 2.26. The van der Waals surface area contributed by atoms with E-state index in [2.05, 4.69) is 20.8 Å². The summed E-state index contributed by atoms with van der Waals surface area (Å²) in [5, 5.41) is 13.1. The Labute approximate surface area is 161 Å². The maximum absolute atomic E-state index is 12.7. The number of carbonyl (C=O) groups is 2. The van der Waals surface area contributed by atoms with Gasteiger partial charge in [0.15, 0.2) is 11.0 Å². The van der Waals surface area contributed by atoms with Crippen LogP contribution in [0.15, 0.2) is 65.8 Å². The lowest BCUT2D eigenvalue weighted by molar-refractivity contribution is -0.119. The van der Waals surface area contributed by atoms with Crippen LogP contribution >= 0.6 is 11.8 Å². The summed E-state index contributed by atoms with van der Waals surface area (Å²) >= 11 is 1.24. The maximum atomic E-state index is 12.7. The molecule has 0 aliphatic rings. The zero-order valence-corrected chi connectivity index (χ0v) is 15.7. The number of thioether (sulfide) groups is 1. The molecule has 8 heteroatoms. The number of aromatic nitrogens is 3. The normalized spacial score (nSPS) is 11.6. The van der Waals surface area contributed by atoms with Crippen molar-refractivity contribution in [2.75, 3.05) is 7.05 Å². The summed E-state index contributed by atoms with van der Waals surface area (Å²) in [6, 6.07) is 18.4. The first-order valence-electron chi connectivity index (χ1n) is 8.29.